The fourth-order valence-corrected chi connectivity index (χ4v) is 4.64. The Bertz CT molecular complexity index is 956. The van der Waals surface area contributed by atoms with Crippen molar-refractivity contribution in [2.75, 3.05) is 5.32 Å². The molecule has 2 aromatic carbocycles. The van der Waals surface area contributed by atoms with E-state index in [0.29, 0.717) is 20.2 Å². The van der Waals surface area contributed by atoms with Gasteiger partial charge >= 0.3 is 0 Å². The molecule has 1 aliphatic carbocycles. The minimum Gasteiger partial charge on any atom is -0.325 e. The monoisotopic (exact) mass is 435 g/mol. The van der Waals surface area contributed by atoms with Crippen molar-refractivity contribution in [3.05, 3.63) is 74.2 Å². The van der Waals surface area contributed by atoms with Crippen molar-refractivity contribution >= 4 is 56.5 Å². The summed E-state index contributed by atoms with van der Waals surface area (Å²) in [6.45, 7) is 0. The molecule has 4 rings (SSSR count). The maximum absolute atomic E-state index is 13.1. The lowest BCUT2D eigenvalue weighted by Gasteiger charge is -2.37. The van der Waals surface area contributed by atoms with Crippen LogP contribution < -0.4 is 5.32 Å². The summed E-state index contributed by atoms with van der Waals surface area (Å²) in [6.07, 6.45) is 1.94. The van der Waals surface area contributed by atoms with E-state index in [-0.39, 0.29) is 24.0 Å². The standard InChI is InChI=1S/C19H12BrCl2NO2/c20-15-9-19(13-5-4-12(22)7-16(13)23-18(19)25)14(8-17(15)24)10-2-1-3-11(21)6-10/h1-7,9,14H,8H2,(H,23,25)/t14-,19-/m0/s1. The number of amides is 1. The van der Waals surface area contributed by atoms with Gasteiger partial charge in [-0.15, -0.1) is 0 Å². The van der Waals surface area contributed by atoms with Crippen molar-refractivity contribution < 1.29 is 9.59 Å². The van der Waals surface area contributed by atoms with E-state index < -0.39 is 5.41 Å². The molecule has 2 aliphatic rings. The Morgan fingerprint density at radius 3 is 2.60 bits per heavy atom. The zero-order chi connectivity index (χ0) is 17.8. The average molecular weight is 437 g/mol. The predicted octanol–water partition coefficient (Wildman–Crippen LogP) is 5.22. The summed E-state index contributed by atoms with van der Waals surface area (Å²) in [6, 6.07) is 12.7. The van der Waals surface area contributed by atoms with E-state index in [0.717, 1.165) is 11.1 Å². The summed E-state index contributed by atoms with van der Waals surface area (Å²) in [7, 11) is 0. The first kappa shape index (κ1) is 16.8. The molecule has 2 aromatic rings. The van der Waals surface area contributed by atoms with E-state index >= 15 is 0 Å². The molecule has 0 radical (unpaired) electrons. The average Bonchev–Trinajstić information content (AvgIpc) is 2.82. The summed E-state index contributed by atoms with van der Waals surface area (Å²) in [5.74, 6) is -0.549. The predicted molar refractivity (Wildman–Crippen MR) is 103 cm³/mol. The van der Waals surface area contributed by atoms with E-state index in [2.05, 4.69) is 21.2 Å². The number of Topliss-reactive ketones (excluding diaryl/α,β-unsaturated/α-hetero) is 1. The number of benzene rings is 2. The Morgan fingerprint density at radius 2 is 1.84 bits per heavy atom. The molecule has 3 nitrogen and oxygen atoms in total. The van der Waals surface area contributed by atoms with Crippen molar-refractivity contribution in [2.24, 2.45) is 0 Å². The number of carbonyl (C=O) groups excluding carboxylic acids is 2. The molecule has 6 heteroatoms. The molecule has 1 heterocycles. The Balaban J connectivity index is 1.99. The molecule has 1 N–H and O–H groups in total. The fourth-order valence-electron chi connectivity index (χ4n) is 3.75. The SMILES string of the molecule is O=C1C[C@@H](c2cccc(Cl)c2)[C@@]2(C=C1Br)C(=O)Nc1cc(Cl)ccc12. The van der Waals surface area contributed by atoms with Gasteiger partial charge in [0, 0.05) is 28.1 Å². The summed E-state index contributed by atoms with van der Waals surface area (Å²) in [5.41, 5.74) is 1.37. The Kier molecular flexibility index (Phi) is 4.02. The van der Waals surface area contributed by atoms with E-state index in [1.807, 2.05) is 24.3 Å². The zero-order valence-corrected chi connectivity index (χ0v) is 16.0. The highest BCUT2D eigenvalue weighted by molar-refractivity contribution is 9.12. The number of anilines is 1. The molecule has 0 bridgehead atoms. The zero-order valence-electron chi connectivity index (χ0n) is 12.9. The first-order valence-electron chi connectivity index (χ1n) is 7.70. The third kappa shape index (κ3) is 2.55. The van der Waals surface area contributed by atoms with Crippen LogP contribution in [0, 0.1) is 0 Å². The van der Waals surface area contributed by atoms with Gasteiger partial charge in [-0.25, -0.2) is 0 Å². The normalized spacial score (nSPS) is 24.9. The maximum Gasteiger partial charge on any atom is 0.239 e. The molecule has 0 aromatic heterocycles. The van der Waals surface area contributed by atoms with E-state index in [9.17, 15) is 9.59 Å². The van der Waals surface area contributed by atoms with E-state index in [1.165, 1.54) is 0 Å². The number of nitrogens with one attached hydrogen (secondary N) is 1. The van der Waals surface area contributed by atoms with Gasteiger partial charge in [-0.1, -0.05) is 41.4 Å². The lowest BCUT2D eigenvalue weighted by atomic mass is 9.64. The van der Waals surface area contributed by atoms with Crippen LogP contribution in [0.15, 0.2) is 53.0 Å². The van der Waals surface area contributed by atoms with E-state index in [1.54, 1.807) is 24.3 Å². The number of carbonyl (C=O) groups is 2. The second-order valence-electron chi connectivity index (χ2n) is 6.24. The summed E-state index contributed by atoms with van der Waals surface area (Å²) < 4.78 is 0.420. The van der Waals surface area contributed by atoms with Crippen LogP contribution in [0.3, 0.4) is 0 Å². The molecule has 1 spiro atoms. The second kappa shape index (κ2) is 5.97. The molecule has 25 heavy (non-hydrogen) atoms. The van der Waals surface area contributed by atoms with Crippen LogP contribution in [0.4, 0.5) is 5.69 Å². The van der Waals surface area contributed by atoms with Crippen LogP contribution in [-0.2, 0) is 15.0 Å². The van der Waals surface area contributed by atoms with Gasteiger partial charge in [0.2, 0.25) is 5.91 Å². The molecule has 2 atom stereocenters. The van der Waals surface area contributed by atoms with Gasteiger partial charge in [-0.2, -0.15) is 0 Å². The van der Waals surface area contributed by atoms with Crippen molar-refractivity contribution in [1.82, 2.24) is 0 Å². The van der Waals surface area contributed by atoms with Crippen molar-refractivity contribution in [1.29, 1.82) is 0 Å². The topological polar surface area (TPSA) is 46.2 Å². The summed E-state index contributed by atoms with van der Waals surface area (Å²) in [4.78, 5) is 25.5. The number of hydrogen-bond acceptors (Lipinski definition) is 2. The van der Waals surface area contributed by atoms with Gasteiger partial charge in [0.25, 0.3) is 0 Å². The van der Waals surface area contributed by atoms with Gasteiger partial charge in [-0.05, 0) is 57.4 Å². The number of ketones is 1. The highest BCUT2D eigenvalue weighted by Gasteiger charge is 2.54. The lowest BCUT2D eigenvalue weighted by molar-refractivity contribution is -0.121. The largest absolute Gasteiger partial charge is 0.325 e. The molecule has 0 unspecified atom stereocenters. The van der Waals surface area contributed by atoms with Gasteiger partial charge < -0.3 is 5.32 Å². The molecule has 0 fully saturated rings. The van der Waals surface area contributed by atoms with E-state index in [4.69, 9.17) is 23.2 Å². The third-order valence-corrected chi connectivity index (χ3v) is 6.00. The molecule has 0 saturated carbocycles. The number of rotatable bonds is 1. The molecular weight excluding hydrogens is 425 g/mol. The highest BCUT2D eigenvalue weighted by Crippen LogP contribution is 2.53. The molecule has 126 valence electrons. The third-order valence-electron chi connectivity index (χ3n) is 4.86. The minimum atomic E-state index is -0.975. The molecule has 1 amide bonds. The highest BCUT2D eigenvalue weighted by atomic mass is 79.9. The van der Waals surface area contributed by atoms with Gasteiger partial charge in [0.05, 0.1) is 4.48 Å². The van der Waals surface area contributed by atoms with Crippen molar-refractivity contribution in [3.8, 4) is 0 Å². The summed E-state index contributed by atoms with van der Waals surface area (Å²) in [5, 5.41) is 4.03. The number of halogens is 3. The summed E-state index contributed by atoms with van der Waals surface area (Å²) >= 11 is 15.6. The van der Waals surface area contributed by atoms with Crippen molar-refractivity contribution in [3.63, 3.8) is 0 Å². The first-order valence-corrected chi connectivity index (χ1v) is 9.25. The number of hydrogen-bond donors (Lipinski definition) is 1. The van der Waals surface area contributed by atoms with Crippen LogP contribution in [-0.4, -0.2) is 11.7 Å². The lowest BCUT2D eigenvalue weighted by Crippen LogP contribution is -2.42. The Morgan fingerprint density at radius 1 is 1.08 bits per heavy atom. The van der Waals surface area contributed by atoms with Crippen LogP contribution in [0.2, 0.25) is 10.0 Å². The van der Waals surface area contributed by atoms with Crippen LogP contribution in [0.25, 0.3) is 0 Å². The van der Waals surface area contributed by atoms with Crippen LogP contribution >= 0.6 is 39.1 Å². The van der Waals surface area contributed by atoms with Gasteiger partial charge in [0.15, 0.2) is 5.78 Å². The molecular formula is C19H12BrCl2NO2. The molecule has 1 aliphatic heterocycles. The minimum absolute atomic E-state index is 0.0363. The Hall–Kier alpha value is -1.62. The fraction of sp³-hybridized carbons (Fsp3) is 0.158. The first-order chi connectivity index (χ1) is 11.9. The van der Waals surface area contributed by atoms with Crippen molar-refractivity contribution in [2.45, 2.75) is 17.8 Å². The molecule has 0 saturated heterocycles. The van der Waals surface area contributed by atoms with Gasteiger partial charge in [-0.3, -0.25) is 9.59 Å². The smallest absolute Gasteiger partial charge is 0.239 e. The number of fused-ring (bicyclic) bond motifs is 2. The van der Waals surface area contributed by atoms with Crippen LogP contribution in [0.1, 0.15) is 23.5 Å². The van der Waals surface area contributed by atoms with Gasteiger partial charge in [0.1, 0.15) is 5.41 Å². The quantitative estimate of drug-likeness (QED) is 0.666. The van der Waals surface area contributed by atoms with Crippen LogP contribution in [0.5, 0.6) is 0 Å². The Labute approximate surface area is 163 Å². The maximum atomic E-state index is 13.1. The number of allylic oxidation sites excluding steroid dienone is 1. The second-order valence-corrected chi connectivity index (χ2v) is 7.97.